The number of amides is 2. The Bertz CT molecular complexity index is 1270. The number of carboxylic acids is 3. The van der Waals surface area contributed by atoms with Crippen molar-refractivity contribution in [1.82, 2.24) is 29.5 Å². The van der Waals surface area contributed by atoms with E-state index < -0.39 is 37.5 Å². The number of nitrogens with zero attached hydrogens (tertiary/aromatic N) is 6. The smallest absolute Gasteiger partial charge is 0.549 e. The van der Waals surface area contributed by atoms with Gasteiger partial charge in [-0.2, -0.15) is 0 Å². The summed E-state index contributed by atoms with van der Waals surface area (Å²) in [6, 6.07) is 5.54. The van der Waals surface area contributed by atoms with Gasteiger partial charge in [-0.15, -0.1) is 0 Å². The Labute approximate surface area is 392 Å². The minimum atomic E-state index is -1.37. The van der Waals surface area contributed by atoms with E-state index in [1.54, 1.807) is 9.80 Å². The zero-order chi connectivity index (χ0) is 43.1. The molecule has 1 aromatic rings. The van der Waals surface area contributed by atoms with Gasteiger partial charge in [-0.05, 0) is 25.0 Å². The van der Waals surface area contributed by atoms with Gasteiger partial charge in [-0.25, -0.2) is 0 Å². The van der Waals surface area contributed by atoms with E-state index in [1.807, 2.05) is 18.2 Å². The van der Waals surface area contributed by atoms with Crippen molar-refractivity contribution >= 4 is 29.7 Å². The third kappa shape index (κ3) is 27.6. The predicted octanol–water partition coefficient (Wildman–Crippen LogP) is 2.75. The zero-order valence-electron chi connectivity index (χ0n) is 36.9. The molecule has 0 N–H and O–H groups in total. The number of hydrogen-bond acceptors (Lipinski definition) is 12. The summed E-state index contributed by atoms with van der Waals surface area (Å²) in [4.78, 5) is 75.9. The monoisotopic (exact) mass is 985 g/mol. The van der Waals surface area contributed by atoms with Gasteiger partial charge < -0.3 is 39.5 Å². The first-order valence-corrected chi connectivity index (χ1v) is 22.8. The molecular formula is C45H75GdN6O8. The summed E-state index contributed by atoms with van der Waals surface area (Å²) in [7, 11) is 0. The van der Waals surface area contributed by atoms with E-state index in [-0.39, 0.29) is 104 Å². The fourth-order valence-corrected chi connectivity index (χ4v) is 7.65. The third-order valence-corrected chi connectivity index (χ3v) is 11.1. The molecule has 15 heteroatoms. The first kappa shape index (κ1) is 55.7. The second-order valence-corrected chi connectivity index (χ2v) is 16.4. The van der Waals surface area contributed by atoms with Gasteiger partial charge in [0.15, 0.2) is 0 Å². The van der Waals surface area contributed by atoms with Crippen LogP contribution in [-0.4, -0.2) is 131 Å². The summed E-state index contributed by atoms with van der Waals surface area (Å²) < 4.78 is 0. The zero-order valence-corrected chi connectivity index (χ0v) is 39.1. The van der Waals surface area contributed by atoms with E-state index in [0.717, 1.165) is 51.4 Å². The van der Waals surface area contributed by atoms with Crippen molar-refractivity contribution < 1.29 is 79.2 Å². The van der Waals surface area contributed by atoms with Crippen LogP contribution in [0.4, 0.5) is 0 Å². The van der Waals surface area contributed by atoms with Crippen LogP contribution >= 0.6 is 0 Å². The third-order valence-electron chi connectivity index (χ3n) is 11.1. The number of hydrogen-bond donors (Lipinski definition) is 0. The standard InChI is InChI=1S/C45H78N6O8.Gd/c1-3-5-7-9-11-13-15-17-19-21-26-50-32-39-24-23-25-40(46-39)33-51(27-22-20-18-16-14-12-10-8-6-4-2)42(53)35-49(38-45(58)59)31-29-47(36-43(54)55)28-30-48(34-41(50)52)37-44(56)57;/h23-25H,3-22,26-38H2,1-2H3,(H,54,55)(H,56,57)(H,58,59);/q;+3/p-3. The number of unbranched alkanes of at least 4 members (excludes halogenated alkanes) is 18. The van der Waals surface area contributed by atoms with Crippen LogP contribution in [0.25, 0.3) is 0 Å². The predicted molar refractivity (Wildman–Crippen MR) is 223 cm³/mol. The Morgan fingerprint density at radius 2 is 0.783 bits per heavy atom. The molecule has 0 aliphatic carbocycles. The molecule has 2 rings (SSSR count). The van der Waals surface area contributed by atoms with E-state index in [2.05, 4.69) is 13.8 Å². The second-order valence-electron chi connectivity index (χ2n) is 16.4. The Hall–Kier alpha value is -2.30. The summed E-state index contributed by atoms with van der Waals surface area (Å²) in [5.74, 6) is -4.66. The number of fused-ring (bicyclic) bond motifs is 2. The molecule has 2 heterocycles. The van der Waals surface area contributed by atoms with Crippen LogP contribution in [0, 0.1) is 39.9 Å². The van der Waals surface area contributed by atoms with Crippen LogP contribution in [0.3, 0.4) is 0 Å². The van der Waals surface area contributed by atoms with Gasteiger partial charge in [0.25, 0.3) is 0 Å². The summed E-state index contributed by atoms with van der Waals surface area (Å²) >= 11 is 0. The molecule has 0 aromatic carbocycles. The molecule has 2 bridgehead atoms. The molecule has 2 amide bonds. The van der Waals surface area contributed by atoms with Crippen molar-refractivity contribution in [2.24, 2.45) is 0 Å². The molecule has 0 fully saturated rings. The van der Waals surface area contributed by atoms with Gasteiger partial charge in [-0.1, -0.05) is 135 Å². The maximum absolute atomic E-state index is 14.0. The number of rotatable bonds is 28. The number of aliphatic carboxylic acids is 3. The first-order valence-electron chi connectivity index (χ1n) is 22.8. The molecule has 1 aliphatic rings. The number of carbonyl (C=O) groups is 5. The fraction of sp³-hybridized carbons (Fsp3) is 0.778. The SMILES string of the molecule is CCCCCCCCCCCCN1Cc2cccc(n2)CN(CCCCCCCCCCCC)C(=O)CN(CC(=O)[O-])CCN(CC(=O)[O-])CCN(CC(=O)[O-])CC1=O.[Gd+3]. The minimum absolute atomic E-state index is 0. The summed E-state index contributed by atoms with van der Waals surface area (Å²) in [5, 5.41) is 35.3. The van der Waals surface area contributed by atoms with Gasteiger partial charge in [0.1, 0.15) is 0 Å². The van der Waals surface area contributed by atoms with Crippen LogP contribution in [-0.2, 0) is 37.1 Å². The molecule has 1 aliphatic heterocycles. The average molecular weight is 985 g/mol. The Morgan fingerprint density at radius 1 is 0.483 bits per heavy atom. The van der Waals surface area contributed by atoms with Crippen molar-refractivity contribution in [3.63, 3.8) is 0 Å². The normalized spacial score (nSPS) is 15.7. The van der Waals surface area contributed by atoms with Crippen LogP contribution < -0.4 is 15.3 Å². The Morgan fingerprint density at radius 3 is 1.12 bits per heavy atom. The van der Waals surface area contributed by atoms with Crippen LogP contribution in [0.5, 0.6) is 0 Å². The molecule has 0 unspecified atom stereocenters. The Balaban J connectivity index is 0.0000180. The first-order chi connectivity index (χ1) is 28.5. The van der Waals surface area contributed by atoms with Gasteiger partial charge >= 0.3 is 39.9 Å². The van der Waals surface area contributed by atoms with E-state index in [4.69, 9.17) is 4.98 Å². The van der Waals surface area contributed by atoms with Crippen LogP contribution in [0.15, 0.2) is 18.2 Å². The van der Waals surface area contributed by atoms with Crippen molar-refractivity contribution in [3.8, 4) is 0 Å². The summed E-state index contributed by atoms with van der Waals surface area (Å²) in [5.41, 5.74) is 1.28. The number of aromatic nitrogens is 1. The van der Waals surface area contributed by atoms with Gasteiger partial charge in [0, 0.05) is 58.9 Å². The number of carboxylic acid groups (broad SMARTS) is 3. The van der Waals surface area contributed by atoms with Gasteiger partial charge in [-0.3, -0.25) is 29.3 Å². The molecule has 0 spiro atoms. The molecule has 0 atom stereocenters. The minimum Gasteiger partial charge on any atom is -0.549 e. The van der Waals surface area contributed by atoms with Crippen LogP contribution in [0.2, 0.25) is 0 Å². The van der Waals surface area contributed by atoms with E-state index in [9.17, 15) is 39.3 Å². The molecule has 1 aromatic heterocycles. The van der Waals surface area contributed by atoms with Gasteiger partial charge in [0.2, 0.25) is 11.8 Å². The average Bonchev–Trinajstić information content (AvgIpc) is 3.18. The van der Waals surface area contributed by atoms with E-state index in [0.29, 0.717) is 24.5 Å². The van der Waals surface area contributed by atoms with Crippen LogP contribution in [0.1, 0.15) is 154 Å². The number of pyridine rings is 1. The van der Waals surface area contributed by atoms with Gasteiger partial charge in [0.05, 0.1) is 55.5 Å². The number of carbonyl (C=O) groups excluding carboxylic acids is 5. The molecule has 1 radical (unpaired) electrons. The van der Waals surface area contributed by atoms with E-state index >= 15 is 0 Å². The Kier molecular flexibility index (Phi) is 32.7. The molecular weight excluding hydrogens is 910 g/mol. The molecule has 0 saturated heterocycles. The molecule has 60 heavy (non-hydrogen) atoms. The van der Waals surface area contributed by atoms with Crippen molar-refractivity contribution in [2.75, 3.05) is 72.0 Å². The fourth-order valence-electron chi connectivity index (χ4n) is 7.65. The van der Waals surface area contributed by atoms with Crippen molar-refractivity contribution in [2.45, 2.75) is 155 Å². The largest absolute Gasteiger partial charge is 3.00 e. The van der Waals surface area contributed by atoms with Crippen molar-refractivity contribution in [1.29, 1.82) is 0 Å². The van der Waals surface area contributed by atoms with E-state index in [1.165, 1.54) is 91.7 Å². The maximum Gasteiger partial charge on any atom is 3.00 e. The summed E-state index contributed by atoms with van der Waals surface area (Å²) in [6.45, 7) is 3.90. The van der Waals surface area contributed by atoms with Crippen molar-refractivity contribution in [3.05, 3.63) is 29.6 Å². The summed E-state index contributed by atoms with van der Waals surface area (Å²) in [6.07, 6.45) is 22.9. The maximum atomic E-state index is 14.0. The molecule has 0 saturated carbocycles. The quantitative estimate of drug-likeness (QED) is 0.112. The molecule has 14 nitrogen and oxygen atoms in total. The topological polar surface area (TPSA) is 184 Å². The second kappa shape index (κ2) is 35.2. The molecule has 341 valence electrons.